The standard InChI is InChI=1S/C35H51N3O10/c1-19-28(42)29(43)30(44)31(47-19)48-23-13-26(41)34(18-39)27-24(9-10-33(34,45)14-23)35(46)11-8-21(32(35,2)15-25(27)40)12-22-17-38(37-36-22)16-20-6-4-3-5-7-20/h3-7,17,19,21,23-31,39-46H,8-16,18H2,1-2H3/t19-,21+,23-,24?,25+,26+,27?,28-,29+,30+,31-,32+,33-,34+,35-/m0/s1. The van der Waals surface area contributed by atoms with E-state index in [4.69, 9.17) is 9.47 Å². The lowest BCUT2D eigenvalue weighted by atomic mass is 9.40. The zero-order valence-electron chi connectivity index (χ0n) is 27.6. The molecule has 0 bridgehead atoms. The molecule has 48 heavy (non-hydrogen) atoms. The van der Waals surface area contributed by atoms with E-state index in [1.165, 1.54) is 0 Å². The maximum absolute atomic E-state index is 12.7. The molecule has 0 radical (unpaired) electrons. The number of aliphatic hydroxyl groups is 8. The van der Waals surface area contributed by atoms with Crippen molar-refractivity contribution in [1.82, 2.24) is 15.0 Å². The number of hydrogen-bond donors (Lipinski definition) is 8. The molecule has 15 atom stereocenters. The third-order valence-electron chi connectivity index (χ3n) is 13.5. The number of aromatic nitrogens is 3. The van der Waals surface area contributed by atoms with E-state index in [9.17, 15) is 40.9 Å². The molecule has 0 amide bonds. The predicted octanol–water partition coefficient (Wildman–Crippen LogP) is -0.116. The van der Waals surface area contributed by atoms with Crippen LogP contribution in [0, 0.1) is 28.6 Å². The molecule has 4 aliphatic carbocycles. The van der Waals surface area contributed by atoms with E-state index in [0.717, 1.165) is 11.3 Å². The van der Waals surface area contributed by atoms with E-state index in [0.29, 0.717) is 32.2 Å². The Hall–Kier alpha value is -2.04. The Morgan fingerprint density at radius 1 is 0.979 bits per heavy atom. The van der Waals surface area contributed by atoms with Crippen molar-refractivity contribution >= 4 is 0 Å². The van der Waals surface area contributed by atoms with Crippen LogP contribution in [0.5, 0.6) is 0 Å². The highest BCUT2D eigenvalue weighted by atomic mass is 16.7. The highest BCUT2D eigenvalue weighted by Gasteiger charge is 2.75. The predicted molar refractivity (Wildman–Crippen MR) is 169 cm³/mol. The summed E-state index contributed by atoms with van der Waals surface area (Å²) >= 11 is 0. The summed E-state index contributed by atoms with van der Waals surface area (Å²) in [7, 11) is 0. The van der Waals surface area contributed by atoms with Gasteiger partial charge in [0.15, 0.2) is 6.29 Å². The van der Waals surface area contributed by atoms with Gasteiger partial charge in [-0.1, -0.05) is 42.5 Å². The summed E-state index contributed by atoms with van der Waals surface area (Å²) in [5.74, 6) is -1.25. The number of rotatable bonds is 7. The lowest BCUT2D eigenvalue weighted by molar-refractivity contribution is -0.342. The van der Waals surface area contributed by atoms with Crippen LogP contribution in [0.1, 0.15) is 70.1 Å². The van der Waals surface area contributed by atoms with Crippen LogP contribution in [-0.2, 0) is 22.4 Å². The van der Waals surface area contributed by atoms with E-state index < -0.39 is 89.5 Å². The minimum absolute atomic E-state index is 0.0121. The first-order chi connectivity index (χ1) is 22.8. The Bertz CT molecular complexity index is 1450. The minimum atomic E-state index is -1.66. The Kier molecular flexibility index (Phi) is 8.84. The van der Waals surface area contributed by atoms with Crippen molar-refractivity contribution in [2.24, 2.45) is 28.6 Å². The van der Waals surface area contributed by atoms with Gasteiger partial charge in [-0.3, -0.25) is 0 Å². The highest BCUT2D eigenvalue weighted by Crippen LogP contribution is 2.70. The molecule has 1 aromatic carbocycles. The number of fused-ring (bicyclic) bond motifs is 5. The largest absolute Gasteiger partial charge is 0.396 e. The molecule has 1 aliphatic heterocycles. The molecule has 1 aromatic heterocycles. The van der Waals surface area contributed by atoms with Crippen molar-refractivity contribution in [1.29, 1.82) is 0 Å². The van der Waals surface area contributed by atoms with Crippen molar-refractivity contribution < 1.29 is 50.3 Å². The SMILES string of the molecule is C[C@@H]1O[C@@H](O[C@H]2C[C@@H](O)[C@]3(CO)C4C(CC[C@]3(O)C2)[C@@]2(O)CC[C@H](Cc3cn(Cc5ccccc5)nn3)[C@@]2(C)C[C@H]4O)[C@H](O)[C@H](O)[C@H]1O. The molecule has 2 unspecified atom stereocenters. The Morgan fingerprint density at radius 2 is 1.73 bits per heavy atom. The highest BCUT2D eigenvalue weighted by molar-refractivity contribution is 5.25. The van der Waals surface area contributed by atoms with Crippen LogP contribution in [0.4, 0.5) is 0 Å². The molecule has 2 heterocycles. The summed E-state index contributed by atoms with van der Waals surface area (Å²) in [6.07, 6.45) is -5.14. The normalized spacial score (nSPS) is 48.8. The Morgan fingerprint density at radius 3 is 2.46 bits per heavy atom. The number of aliphatic hydroxyl groups excluding tert-OH is 6. The molecule has 7 rings (SSSR count). The molecule has 5 aliphatic rings. The van der Waals surface area contributed by atoms with Gasteiger partial charge in [0.1, 0.15) is 18.3 Å². The molecular formula is C35H51N3O10. The van der Waals surface area contributed by atoms with Gasteiger partial charge < -0.3 is 50.3 Å². The molecule has 5 fully saturated rings. The molecule has 1 saturated heterocycles. The average molecular weight is 674 g/mol. The van der Waals surface area contributed by atoms with E-state index in [1.54, 1.807) is 6.92 Å². The van der Waals surface area contributed by atoms with Gasteiger partial charge in [-0.25, -0.2) is 4.68 Å². The van der Waals surface area contributed by atoms with Gasteiger partial charge in [-0.15, -0.1) is 5.10 Å². The smallest absolute Gasteiger partial charge is 0.186 e. The average Bonchev–Trinajstić information content (AvgIpc) is 3.59. The number of ether oxygens (including phenoxy) is 2. The summed E-state index contributed by atoms with van der Waals surface area (Å²) < 4.78 is 13.4. The minimum Gasteiger partial charge on any atom is -0.396 e. The summed E-state index contributed by atoms with van der Waals surface area (Å²) in [6.45, 7) is 3.58. The quantitative estimate of drug-likeness (QED) is 0.181. The van der Waals surface area contributed by atoms with Crippen LogP contribution >= 0.6 is 0 Å². The zero-order valence-corrected chi connectivity index (χ0v) is 27.6. The maximum Gasteiger partial charge on any atom is 0.186 e. The lowest BCUT2D eigenvalue weighted by Gasteiger charge is -2.68. The van der Waals surface area contributed by atoms with Crippen molar-refractivity contribution in [3.8, 4) is 0 Å². The van der Waals surface area contributed by atoms with Crippen LogP contribution < -0.4 is 0 Å². The first-order valence-electron chi connectivity index (χ1n) is 17.5. The summed E-state index contributed by atoms with van der Waals surface area (Å²) in [5.41, 5.74) is -3.13. The number of hydrogen-bond acceptors (Lipinski definition) is 12. The molecule has 8 N–H and O–H groups in total. The first kappa shape index (κ1) is 34.4. The van der Waals surface area contributed by atoms with Gasteiger partial charge in [0.05, 0.1) is 59.9 Å². The summed E-state index contributed by atoms with van der Waals surface area (Å²) in [5, 5.41) is 99.5. The molecule has 4 saturated carbocycles. The Labute approximate surface area is 280 Å². The maximum atomic E-state index is 12.7. The first-order valence-corrected chi connectivity index (χ1v) is 17.5. The second-order valence-electron chi connectivity index (χ2n) is 15.7. The van der Waals surface area contributed by atoms with E-state index >= 15 is 0 Å². The third kappa shape index (κ3) is 5.11. The van der Waals surface area contributed by atoms with Crippen LogP contribution in [0.15, 0.2) is 36.5 Å². The second kappa shape index (κ2) is 12.3. The lowest BCUT2D eigenvalue weighted by Crippen LogP contribution is -2.76. The molecule has 0 spiro atoms. The second-order valence-corrected chi connectivity index (χ2v) is 15.7. The molecule has 13 nitrogen and oxygen atoms in total. The van der Waals surface area contributed by atoms with E-state index in [2.05, 4.69) is 10.3 Å². The monoisotopic (exact) mass is 673 g/mol. The van der Waals surface area contributed by atoms with Crippen molar-refractivity contribution in [3.05, 3.63) is 47.8 Å². The van der Waals surface area contributed by atoms with Gasteiger partial charge in [0.25, 0.3) is 0 Å². The molecule has 2 aromatic rings. The van der Waals surface area contributed by atoms with Crippen LogP contribution in [-0.4, -0.2) is 123 Å². The van der Waals surface area contributed by atoms with Gasteiger partial charge in [0.2, 0.25) is 0 Å². The van der Waals surface area contributed by atoms with Crippen molar-refractivity contribution in [2.45, 2.75) is 132 Å². The van der Waals surface area contributed by atoms with Crippen LogP contribution in [0.25, 0.3) is 0 Å². The fourth-order valence-corrected chi connectivity index (χ4v) is 10.9. The summed E-state index contributed by atoms with van der Waals surface area (Å²) in [4.78, 5) is 0. The number of benzene rings is 1. The van der Waals surface area contributed by atoms with Crippen molar-refractivity contribution in [3.63, 3.8) is 0 Å². The molecule has 13 heteroatoms. The molecular weight excluding hydrogens is 622 g/mol. The van der Waals surface area contributed by atoms with Gasteiger partial charge in [-0.2, -0.15) is 0 Å². The van der Waals surface area contributed by atoms with Crippen molar-refractivity contribution in [2.75, 3.05) is 6.61 Å². The fraction of sp³-hybridized carbons (Fsp3) is 0.771. The van der Waals surface area contributed by atoms with E-state index in [1.807, 2.05) is 48.1 Å². The fourth-order valence-electron chi connectivity index (χ4n) is 10.9. The molecule has 266 valence electrons. The van der Waals surface area contributed by atoms with Gasteiger partial charge in [0, 0.05) is 30.4 Å². The Balaban J connectivity index is 1.10. The number of nitrogens with zero attached hydrogens (tertiary/aromatic N) is 3. The zero-order chi connectivity index (χ0) is 34.2. The summed E-state index contributed by atoms with van der Waals surface area (Å²) in [6, 6.07) is 10.0. The van der Waals surface area contributed by atoms with Crippen LogP contribution in [0.2, 0.25) is 0 Å². The van der Waals surface area contributed by atoms with Crippen LogP contribution in [0.3, 0.4) is 0 Å². The van der Waals surface area contributed by atoms with Gasteiger partial charge >= 0.3 is 0 Å². The topological polar surface area (TPSA) is 211 Å². The third-order valence-corrected chi connectivity index (χ3v) is 13.5. The van der Waals surface area contributed by atoms with E-state index in [-0.39, 0.29) is 31.6 Å². The van der Waals surface area contributed by atoms with Gasteiger partial charge in [-0.05, 0) is 62.8 Å².